The van der Waals surface area contributed by atoms with Crippen LogP contribution in [0.4, 0.5) is 0 Å². The third kappa shape index (κ3) is 3.38. The number of methoxy groups -OCH3 is 3. The van der Waals surface area contributed by atoms with Crippen LogP contribution in [-0.2, 0) is 0 Å². The predicted octanol–water partition coefficient (Wildman–Crippen LogP) is 3.45. The lowest BCUT2D eigenvalue weighted by atomic mass is 9.82. The zero-order valence-electron chi connectivity index (χ0n) is 19.9. The number of carbonyl (C=O) groups excluding carboxylic acids is 2. The first kappa shape index (κ1) is 22.2. The van der Waals surface area contributed by atoms with E-state index < -0.39 is 12.1 Å². The largest absolute Gasteiger partial charge is 0.493 e. The van der Waals surface area contributed by atoms with E-state index in [9.17, 15) is 9.59 Å². The number of fused-ring (bicyclic) bond motifs is 2. The second-order valence-corrected chi connectivity index (χ2v) is 8.74. The van der Waals surface area contributed by atoms with E-state index in [2.05, 4.69) is 9.48 Å². The summed E-state index contributed by atoms with van der Waals surface area (Å²) in [7, 11) is 4.75. The fourth-order valence-electron chi connectivity index (χ4n) is 5.22. The van der Waals surface area contributed by atoms with Crippen LogP contribution in [0.1, 0.15) is 46.0 Å². The molecule has 2 aliphatic carbocycles. The number of Topliss-reactive ketones (excluding diaryl/α,β-unsaturated/α-hetero) is 2. The van der Waals surface area contributed by atoms with Crippen molar-refractivity contribution in [3.05, 3.63) is 59.2 Å². The van der Waals surface area contributed by atoms with Crippen LogP contribution in [0.5, 0.6) is 17.2 Å². The molecule has 1 saturated carbocycles. The molecule has 1 fully saturated rings. The van der Waals surface area contributed by atoms with Gasteiger partial charge in [0, 0.05) is 17.2 Å². The zero-order valence-corrected chi connectivity index (χ0v) is 19.9. The van der Waals surface area contributed by atoms with Gasteiger partial charge in [-0.1, -0.05) is 24.3 Å². The molecule has 1 aliphatic heterocycles. The molecule has 7 nitrogen and oxygen atoms in total. The Hall–Kier alpha value is -3.61. The number of hydrogen-bond acceptors (Lipinski definition) is 6. The number of ether oxygens (including phenoxy) is 3. The standard InChI is InChI=1S/C27H29N2O5/c1-5-28-22(13-10-16-14-20(32-2)27(34-4)21(15-16)33-3)29(17-11-12-17)24-23(28)25(30)18-8-6-7-9-19(18)26(24)31/h6-10,13-15,17,23-24H,5,11-12H2,1-4H3/q+1/b13-10+. The quantitative estimate of drug-likeness (QED) is 0.589. The maximum atomic E-state index is 13.6. The fraction of sp³-hybridized carbons (Fsp3) is 0.370. The Kier molecular flexibility index (Phi) is 5.63. The van der Waals surface area contributed by atoms with E-state index >= 15 is 0 Å². The Morgan fingerprint density at radius 1 is 0.941 bits per heavy atom. The van der Waals surface area contributed by atoms with Crippen LogP contribution < -0.4 is 14.2 Å². The molecule has 0 radical (unpaired) electrons. The highest BCUT2D eigenvalue weighted by Crippen LogP contribution is 2.40. The van der Waals surface area contributed by atoms with Crippen molar-refractivity contribution in [2.24, 2.45) is 0 Å². The van der Waals surface area contributed by atoms with Crippen LogP contribution in [0, 0.1) is 0 Å². The SMILES string of the molecule is CC[N+]1=C(/C=C/c2cc(OC)c(OC)c(OC)c2)N(C2CC2)C2C(=O)c3ccccc3C(=O)C21. The van der Waals surface area contributed by atoms with Crippen molar-refractivity contribution in [3.63, 3.8) is 0 Å². The molecule has 2 aromatic carbocycles. The number of nitrogens with zero attached hydrogens (tertiary/aromatic N) is 2. The molecular formula is C27H29N2O5+. The van der Waals surface area contributed by atoms with E-state index in [0.29, 0.717) is 34.9 Å². The summed E-state index contributed by atoms with van der Waals surface area (Å²) in [6, 6.07) is 10.2. The molecule has 0 spiro atoms. The summed E-state index contributed by atoms with van der Waals surface area (Å²) in [5.41, 5.74) is 1.92. The summed E-state index contributed by atoms with van der Waals surface area (Å²) in [4.78, 5) is 29.3. The van der Waals surface area contributed by atoms with E-state index in [1.54, 1.807) is 33.5 Å². The van der Waals surface area contributed by atoms with Crippen molar-refractivity contribution in [3.8, 4) is 17.2 Å². The third-order valence-electron chi connectivity index (χ3n) is 6.88. The highest BCUT2D eigenvalue weighted by atomic mass is 16.5. The lowest BCUT2D eigenvalue weighted by molar-refractivity contribution is -0.538. The molecule has 0 saturated heterocycles. The van der Waals surface area contributed by atoms with Gasteiger partial charge < -0.3 is 14.2 Å². The van der Waals surface area contributed by atoms with Crippen molar-refractivity contribution in [1.82, 2.24) is 4.90 Å². The number of amidine groups is 1. The molecule has 0 N–H and O–H groups in total. The summed E-state index contributed by atoms with van der Waals surface area (Å²) in [6.07, 6.45) is 6.01. The molecule has 2 atom stereocenters. The lowest BCUT2D eigenvalue weighted by Crippen LogP contribution is -2.53. The molecule has 2 aromatic rings. The average molecular weight is 462 g/mol. The predicted molar refractivity (Wildman–Crippen MR) is 128 cm³/mol. The maximum absolute atomic E-state index is 13.6. The summed E-state index contributed by atoms with van der Waals surface area (Å²) in [5, 5.41) is 0. The van der Waals surface area contributed by atoms with Gasteiger partial charge in [0.2, 0.25) is 29.4 Å². The molecule has 3 aliphatic rings. The van der Waals surface area contributed by atoms with Crippen molar-refractivity contribution in [2.75, 3.05) is 27.9 Å². The second kappa shape index (κ2) is 8.63. The Morgan fingerprint density at radius 2 is 1.56 bits per heavy atom. The second-order valence-electron chi connectivity index (χ2n) is 8.74. The molecule has 5 rings (SSSR count). The third-order valence-corrected chi connectivity index (χ3v) is 6.88. The molecule has 0 aromatic heterocycles. The van der Waals surface area contributed by atoms with Gasteiger partial charge >= 0.3 is 0 Å². The van der Waals surface area contributed by atoms with Crippen molar-refractivity contribution in [1.29, 1.82) is 0 Å². The summed E-state index contributed by atoms with van der Waals surface area (Å²) >= 11 is 0. The molecule has 176 valence electrons. The van der Waals surface area contributed by atoms with Gasteiger partial charge in [0.15, 0.2) is 11.5 Å². The van der Waals surface area contributed by atoms with Crippen LogP contribution in [0.3, 0.4) is 0 Å². The molecule has 34 heavy (non-hydrogen) atoms. The number of benzene rings is 2. The van der Waals surface area contributed by atoms with E-state index in [1.165, 1.54) is 0 Å². The zero-order chi connectivity index (χ0) is 24.0. The van der Waals surface area contributed by atoms with Crippen LogP contribution >= 0.6 is 0 Å². The van der Waals surface area contributed by atoms with Crippen molar-refractivity contribution >= 4 is 23.5 Å². The Balaban J connectivity index is 1.59. The van der Waals surface area contributed by atoms with Crippen molar-refractivity contribution < 1.29 is 28.4 Å². The Bertz CT molecular complexity index is 1200. The number of ketones is 2. The summed E-state index contributed by atoms with van der Waals surface area (Å²) < 4.78 is 18.5. The normalized spacial score (nSPS) is 21.7. The number of carbonyl (C=O) groups is 2. The lowest BCUT2D eigenvalue weighted by Gasteiger charge is -2.27. The number of hydrogen-bond donors (Lipinski definition) is 0. The summed E-state index contributed by atoms with van der Waals surface area (Å²) in [6.45, 7) is 2.65. The van der Waals surface area contributed by atoms with E-state index in [1.807, 2.05) is 43.3 Å². The van der Waals surface area contributed by atoms with Crippen LogP contribution in [-0.4, -0.2) is 72.9 Å². The molecular weight excluding hydrogens is 432 g/mol. The molecule has 0 amide bonds. The summed E-state index contributed by atoms with van der Waals surface area (Å²) in [5.74, 6) is 2.62. The Morgan fingerprint density at radius 3 is 2.09 bits per heavy atom. The minimum Gasteiger partial charge on any atom is -0.493 e. The first-order valence-corrected chi connectivity index (χ1v) is 11.6. The molecule has 1 heterocycles. The highest BCUT2D eigenvalue weighted by Gasteiger charge is 2.60. The smallest absolute Gasteiger partial charge is 0.273 e. The Labute approximate surface area is 199 Å². The first-order chi connectivity index (χ1) is 16.5. The van der Waals surface area contributed by atoms with Gasteiger partial charge in [0.05, 0.1) is 33.9 Å². The molecule has 7 heteroatoms. The van der Waals surface area contributed by atoms with Gasteiger partial charge in [-0.2, -0.15) is 0 Å². The first-order valence-electron chi connectivity index (χ1n) is 11.6. The van der Waals surface area contributed by atoms with Gasteiger partial charge in [-0.3, -0.25) is 9.59 Å². The van der Waals surface area contributed by atoms with Gasteiger partial charge in [0.1, 0.15) is 0 Å². The average Bonchev–Trinajstić information content (AvgIpc) is 3.65. The van der Waals surface area contributed by atoms with Crippen LogP contribution in [0.15, 0.2) is 42.5 Å². The van der Waals surface area contributed by atoms with Gasteiger partial charge in [-0.25, -0.2) is 9.48 Å². The van der Waals surface area contributed by atoms with Gasteiger partial charge in [-0.05, 0) is 43.5 Å². The van der Waals surface area contributed by atoms with Crippen molar-refractivity contribution in [2.45, 2.75) is 37.9 Å². The number of likely N-dealkylation sites (N-methyl/N-ethyl adjacent to an activating group) is 1. The minimum absolute atomic E-state index is 0.0175. The van der Waals surface area contributed by atoms with E-state index in [4.69, 9.17) is 14.2 Å². The highest BCUT2D eigenvalue weighted by molar-refractivity contribution is 6.20. The fourth-order valence-corrected chi connectivity index (χ4v) is 5.22. The topological polar surface area (TPSA) is 68.1 Å². The monoisotopic (exact) mass is 461 g/mol. The molecule has 0 bridgehead atoms. The number of rotatable bonds is 7. The van der Waals surface area contributed by atoms with Gasteiger partial charge in [-0.15, -0.1) is 0 Å². The maximum Gasteiger partial charge on any atom is 0.273 e. The molecule has 2 unspecified atom stereocenters. The van der Waals surface area contributed by atoms with Crippen LogP contribution in [0.25, 0.3) is 6.08 Å². The van der Waals surface area contributed by atoms with E-state index in [-0.39, 0.29) is 17.6 Å². The van der Waals surface area contributed by atoms with E-state index in [0.717, 1.165) is 24.2 Å². The van der Waals surface area contributed by atoms with Crippen LogP contribution in [0.2, 0.25) is 0 Å². The minimum atomic E-state index is -0.507. The van der Waals surface area contributed by atoms with Gasteiger partial charge in [0.25, 0.3) is 5.84 Å².